The number of amides is 1. The molecule has 0 radical (unpaired) electrons. The molecule has 2 fully saturated rings. The van der Waals surface area contributed by atoms with Crippen LogP contribution < -0.4 is 10.9 Å². The Balaban J connectivity index is 1.32. The van der Waals surface area contributed by atoms with Crippen LogP contribution in [0.1, 0.15) is 36.4 Å². The molecule has 4 heterocycles. The van der Waals surface area contributed by atoms with E-state index in [1.165, 1.54) is 0 Å². The molecule has 3 aliphatic rings. The van der Waals surface area contributed by atoms with Crippen LogP contribution in [0.25, 0.3) is 0 Å². The van der Waals surface area contributed by atoms with E-state index in [1.807, 2.05) is 41.0 Å². The van der Waals surface area contributed by atoms with E-state index in [9.17, 15) is 9.59 Å². The van der Waals surface area contributed by atoms with Gasteiger partial charge < -0.3 is 14.6 Å². The number of hydrogen-bond donors (Lipinski definition) is 1. The average Bonchev–Trinajstić information content (AvgIpc) is 2.77. The molecule has 6 heteroatoms. The predicted octanol–water partition coefficient (Wildman–Crippen LogP) is 2.63. The molecule has 2 saturated heterocycles. The lowest BCUT2D eigenvalue weighted by Gasteiger charge is -2.46. The summed E-state index contributed by atoms with van der Waals surface area (Å²) in [6.07, 6.45) is 3.64. The Hall–Kier alpha value is -2.44. The lowest BCUT2D eigenvalue weighted by Crippen LogP contribution is -2.51. The Bertz CT molecular complexity index is 965. The highest BCUT2D eigenvalue weighted by molar-refractivity contribution is 5.92. The van der Waals surface area contributed by atoms with Crippen molar-refractivity contribution in [3.05, 3.63) is 64.1 Å². The van der Waals surface area contributed by atoms with E-state index in [0.29, 0.717) is 23.6 Å². The number of anilines is 1. The third kappa shape index (κ3) is 3.94. The van der Waals surface area contributed by atoms with Gasteiger partial charge in [-0.15, -0.1) is 0 Å². The van der Waals surface area contributed by atoms with Crippen LogP contribution >= 0.6 is 0 Å². The highest BCUT2D eigenvalue weighted by Gasteiger charge is 2.37. The highest BCUT2D eigenvalue weighted by Crippen LogP contribution is 2.37. The van der Waals surface area contributed by atoms with Gasteiger partial charge in [-0.05, 0) is 42.9 Å². The van der Waals surface area contributed by atoms with E-state index in [0.717, 1.165) is 63.4 Å². The smallest absolute Gasteiger partial charge is 0.274 e. The number of fused-ring (bicyclic) bond motifs is 4. The molecule has 5 rings (SSSR count). The van der Waals surface area contributed by atoms with Gasteiger partial charge in [-0.1, -0.05) is 30.3 Å². The zero-order chi connectivity index (χ0) is 20.5. The van der Waals surface area contributed by atoms with Crippen molar-refractivity contribution in [2.45, 2.75) is 44.2 Å². The van der Waals surface area contributed by atoms with Gasteiger partial charge >= 0.3 is 0 Å². The first-order valence-corrected chi connectivity index (χ1v) is 11.1. The molecule has 30 heavy (non-hydrogen) atoms. The number of hydrogen-bond acceptors (Lipinski definition) is 4. The zero-order valence-electron chi connectivity index (χ0n) is 17.3. The molecule has 2 aromatic rings. The van der Waals surface area contributed by atoms with Crippen molar-refractivity contribution in [2.24, 2.45) is 5.92 Å². The largest absolute Gasteiger partial charge is 0.381 e. The van der Waals surface area contributed by atoms with Crippen LogP contribution in [0.2, 0.25) is 0 Å². The topological polar surface area (TPSA) is 63.6 Å². The lowest BCUT2D eigenvalue weighted by molar-refractivity contribution is -0.115. The molecule has 1 aromatic heterocycles. The summed E-state index contributed by atoms with van der Waals surface area (Å²) in [7, 11) is 0. The fourth-order valence-electron chi connectivity index (χ4n) is 5.40. The molecule has 0 saturated carbocycles. The van der Waals surface area contributed by atoms with E-state index in [1.54, 1.807) is 6.07 Å². The SMILES string of the molecule is O=C(Cc1ccccc1)Nc1ccc2n(c1=O)C[C@@H]1C[C@@H]2CN(C2CCOCC2)C1. The van der Waals surface area contributed by atoms with Gasteiger partial charge in [0.15, 0.2) is 0 Å². The quantitative estimate of drug-likeness (QED) is 0.846. The van der Waals surface area contributed by atoms with Gasteiger partial charge in [0.1, 0.15) is 5.69 Å². The number of piperidine rings is 1. The second-order valence-electron chi connectivity index (χ2n) is 8.89. The molecule has 6 nitrogen and oxygen atoms in total. The van der Waals surface area contributed by atoms with Gasteiger partial charge in [-0.3, -0.25) is 14.5 Å². The van der Waals surface area contributed by atoms with Crippen molar-refractivity contribution in [1.82, 2.24) is 9.47 Å². The molecular formula is C24H29N3O3. The fourth-order valence-corrected chi connectivity index (χ4v) is 5.40. The van der Waals surface area contributed by atoms with E-state index in [4.69, 9.17) is 4.74 Å². The van der Waals surface area contributed by atoms with Crippen LogP contribution in [0, 0.1) is 5.92 Å². The van der Waals surface area contributed by atoms with Gasteiger partial charge in [-0.25, -0.2) is 0 Å². The van der Waals surface area contributed by atoms with Crippen molar-refractivity contribution in [2.75, 3.05) is 31.6 Å². The lowest BCUT2D eigenvalue weighted by atomic mass is 9.82. The normalized spacial score (nSPS) is 24.3. The molecular weight excluding hydrogens is 378 g/mol. The summed E-state index contributed by atoms with van der Waals surface area (Å²) in [5.41, 5.74) is 2.38. The van der Waals surface area contributed by atoms with Crippen LogP contribution in [-0.2, 0) is 22.5 Å². The Kier molecular flexibility index (Phi) is 5.44. The predicted molar refractivity (Wildman–Crippen MR) is 116 cm³/mol. The Morgan fingerprint density at radius 3 is 2.63 bits per heavy atom. The molecule has 158 valence electrons. The molecule has 3 aliphatic heterocycles. The van der Waals surface area contributed by atoms with Crippen LogP contribution in [0.3, 0.4) is 0 Å². The second-order valence-corrected chi connectivity index (χ2v) is 8.89. The van der Waals surface area contributed by atoms with Gasteiger partial charge in [-0.2, -0.15) is 0 Å². The van der Waals surface area contributed by atoms with Crippen LogP contribution in [0.5, 0.6) is 0 Å². The summed E-state index contributed by atoms with van der Waals surface area (Å²) in [5, 5.41) is 2.84. The van der Waals surface area contributed by atoms with Crippen molar-refractivity contribution in [3.63, 3.8) is 0 Å². The first-order valence-electron chi connectivity index (χ1n) is 11.1. The van der Waals surface area contributed by atoms with Crippen molar-refractivity contribution < 1.29 is 9.53 Å². The summed E-state index contributed by atoms with van der Waals surface area (Å²) >= 11 is 0. The highest BCUT2D eigenvalue weighted by atomic mass is 16.5. The number of carbonyl (C=O) groups excluding carboxylic acids is 1. The summed E-state index contributed by atoms with van der Waals surface area (Å²) in [5.74, 6) is 0.731. The number of ether oxygens (including phenoxy) is 1. The van der Waals surface area contributed by atoms with E-state index in [-0.39, 0.29) is 17.9 Å². The summed E-state index contributed by atoms with van der Waals surface area (Å²) in [6.45, 7) is 4.53. The number of aromatic nitrogens is 1. The van der Waals surface area contributed by atoms with Gasteiger partial charge in [0.25, 0.3) is 5.56 Å². The van der Waals surface area contributed by atoms with Crippen molar-refractivity contribution in [1.29, 1.82) is 0 Å². The number of pyridine rings is 1. The minimum atomic E-state index is -0.152. The number of likely N-dealkylation sites (tertiary alicyclic amines) is 1. The minimum absolute atomic E-state index is 0.0665. The molecule has 1 N–H and O–H groups in total. The fraction of sp³-hybridized carbons (Fsp3) is 0.500. The molecule has 1 aromatic carbocycles. The minimum Gasteiger partial charge on any atom is -0.381 e. The van der Waals surface area contributed by atoms with Crippen molar-refractivity contribution >= 4 is 11.6 Å². The second kappa shape index (κ2) is 8.36. The standard InChI is InChI=1S/C24H29N3O3/c28-23(13-17-4-2-1-3-5-17)25-21-6-7-22-19-12-18(15-27(22)24(21)29)14-26(16-19)20-8-10-30-11-9-20/h1-7,18-20H,8-16H2,(H,25,28)/t18-,19-/m1/s1. The number of rotatable bonds is 4. The van der Waals surface area contributed by atoms with E-state index >= 15 is 0 Å². The Morgan fingerprint density at radius 2 is 1.83 bits per heavy atom. The summed E-state index contributed by atoms with van der Waals surface area (Å²) in [4.78, 5) is 28.2. The van der Waals surface area contributed by atoms with Gasteiger partial charge in [0.05, 0.1) is 6.42 Å². The molecule has 1 amide bonds. The van der Waals surface area contributed by atoms with E-state index < -0.39 is 0 Å². The number of benzene rings is 1. The van der Waals surface area contributed by atoms with Gasteiger partial charge in [0, 0.05) is 50.5 Å². The molecule has 2 bridgehead atoms. The van der Waals surface area contributed by atoms with Crippen LogP contribution in [0.15, 0.2) is 47.3 Å². The maximum Gasteiger partial charge on any atom is 0.274 e. The monoisotopic (exact) mass is 407 g/mol. The average molecular weight is 408 g/mol. The van der Waals surface area contributed by atoms with Crippen LogP contribution in [-0.4, -0.2) is 47.7 Å². The first kappa shape index (κ1) is 19.5. The van der Waals surface area contributed by atoms with E-state index in [2.05, 4.69) is 10.2 Å². The molecule has 0 spiro atoms. The maximum atomic E-state index is 13.1. The third-order valence-electron chi connectivity index (χ3n) is 6.82. The molecule has 2 atom stereocenters. The summed E-state index contributed by atoms with van der Waals surface area (Å²) in [6, 6.07) is 14.1. The Morgan fingerprint density at radius 1 is 1.03 bits per heavy atom. The number of nitrogens with zero attached hydrogens (tertiary/aromatic N) is 2. The van der Waals surface area contributed by atoms with Gasteiger partial charge in [0.2, 0.25) is 5.91 Å². The molecule has 0 unspecified atom stereocenters. The van der Waals surface area contributed by atoms with Crippen LogP contribution in [0.4, 0.5) is 5.69 Å². The molecule has 0 aliphatic carbocycles. The maximum absolute atomic E-state index is 13.1. The number of nitrogens with one attached hydrogen (secondary N) is 1. The Labute approximate surface area is 176 Å². The first-order chi connectivity index (χ1) is 14.7. The summed E-state index contributed by atoms with van der Waals surface area (Å²) < 4.78 is 7.45. The number of carbonyl (C=O) groups is 1. The van der Waals surface area contributed by atoms with Crippen molar-refractivity contribution in [3.8, 4) is 0 Å². The zero-order valence-corrected chi connectivity index (χ0v) is 17.3. The third-order valence-corrected chi connectivity index (χ3v) is 6.82.